The van der Waals surface area contributed by atoms with Gasteiger partial charge in [0.15, 0.2) is 0 Å². The zero-order valence-electron chi connectivity index (χ0n) is 13.6. The molecule has 1 N–H and O–H groups in total. The Morgan fingerprint density at radius 2 is 1.74 bits per heavy atom. The molecule has 124 valence electrons. The summed E-state index contributed by atoms with van der Waals surface area (Å²) in [6, 6.07) is 9.21. The highest BCUT2D eigenvalue weighted by Crippen LogP contribution is 2.29. The van der Waals surface area contributed by atoms with Crippen LogP contribution in [0.15, 0.2) is 36.5 Å². The molecule has 2 aromatic rings. The first-order chi connectivity index (χ1) is 11.2. The second-order valence-electron chi connectivity index (χ2n) is 5.66. The van der Waals surface area contributed by atoms with Crippen LogP contribution in [0.3, 0.4) is 0 Å². The van der Waals surface area contributed by atoms with E-state index in [-0.39, 0.29) is 5.75 Å². The highest BCUT2D eigenvalue weighted by Gasteiger charge is 2.06. The predicted octanol–water partition coefficient (Wildman–Crippen LogP) is 5.85. The Morgan fingerprint density at radius 1 is 1.04 bits per heavy atom. The van der Waals surface area contributed by atoms with Crippen LogP contribution >= 0.6 is 11.6 Å². The fourth-order valence-electron chi connectivity index (χ4n) is 2.42. The maximum atomic E-state index is 9.35. The van der Waals surface area contributed by atoms with Gasteiger partial charge < -0.3 is 9.84 Å². The average Bonchev–Trinajstić information content (AvgIpc) is 2.55. The molecule has 0 spiro atoms. The second-order valence-corrected chi connectivity index (χ2v) is 6.07. The fraction of sp³-hybridized carbons (Fsp3) is 0.421. The molecule has 0 unspecified atom stereocenters. The lowest BCUT2D eigenvalue weighted by molar-refractivity contribution is 0.304. The average molecular weight is 334 g/mol. The minimum absolute atomic E-state index is 0.0673. The van der Waals surface area contributed by atoms with E-state index in [1.807, 2.05) is 24.3 Å². The number of ether oxygens (including phenoxy) is 1. The molecular weight excluding hydrogens is 310 g/mol. The second kappa shape index (κ2) is 9.41. The Hall–Kier alpha value is -1.74. The molecule has 0 saturated heterocycles. The van der Waals surface area contributed by atoms with Gasteiger partial charge in [0, 0.05) is 11.6 Å². The normalized spacial score (nSPS) is 10.7. The summed E-state index contributed by atoms with van der Waals surface area (Å²) in [7, 11) is 0. The summed E-state index contributed by atoms with van der Waals surface area (Å²) in [6.45, 7) is 2.98. The summed E-state index contributed by atoms with van der Waals surface area (Å²) in [5, 5.41) is 9.79. The van der Waals surface area contributed by atoms with Crippen LogP contribution < -0.4 is 4.74 Å². The van der Waals surface area contributed by atoms with Crippen LogP contribution in [0.2, 0.25) is 5.02 Å². The van der Waals surface area contributed by atoms with Crippen LogP contribution in [0.1, 0.15) is 45.4 Å². The van der Waals surface area contributed by atoms with E-state index in [0.29, 0.717) is 10.7 Å². The van der Waals surface area contributed by atoms with Crippen molar-refractivity contribution >= 4 is 11.6 Å². The SMILES string of the molecule is CCCCCCCCOc1ccc(-c2ncc(O)cc2Cl)cc1. The Morgan fingerprint density at radius 3 is 2.43 bits per heavy atom. The Bertz CT molecular complexity index is 599. The van der Waals surface area contributed by atoms with Crippen molar-refractivity contribution in [3.05, 3.63) is 41.6 Å². The zero-order chi connectivity index (χ0) is 16.5. The Kier molecular flexibility index (Phi) is 7.21. The van der Waals surface area contributed by atoms with Gasteiger partial charge in [-0.2, -0.15) is 0 Å². The number of benzene rings is 1. The maximum Gasteiger partial charge on any atom is 0.135 e. The lowest BCUT2D eigenvalue weighted by Crippen LogP contribution is -1.97. The van der Waals surface area contributed by atoms with Crippen LogP contribution in [0.25, 0.3) is 11.3 Å². The first kappa shape index (κ1) is 17.6. The lowest BCUT2D eigenvalue weighted by Gasteiger charge is -2.08. The fourth-order valence-corrected chi connectivity index (χ4v) is 2.69. The molecular formula is C19H24ClNO2. The number of nitrogens with zero attached hydrogens (tertiary/aromatic N) is 1. The van der Waals surface area contributed by atoms with Gasteiger partial charge in [0.1, 0.15) is 11.5 Å². The molecule has 3 nitrogen and oxygen atoms in total. The summed E-state index contributed by atoms with van der Waals surface area (Å²) < 4.78 is 5.76. The number of aromatic hydroxyl groups is 1. The standard InChI is InChI=1S/C19H24ClNO2/c1-2-3-4-5-6-7-12-23-17-10-8-15(9-11-17)19-18(20)13-16(22)14-21-19/h8-11,13-14,22H,2-7,12H2,1H3. The van der Waals surface area contributed by atoms with Gasteiger partial charge in [-0.3, -0.25) is 4.98 Å². The van der Waals surface area contributed by atoms with Crippen LogP contribution in [0, 0.1) is 0 Å². The van der Waals surface area contributed by atoms with Crippen molar-refractivity contribution in [2.24, 2.45) is 0 Å². The van der Waals surface area contributed by atoms with Crippen LogP contribution in [0.4, 0.5) is 0 Å². The molecule has 0 saturated carbocycles. The predicted molar refractivity (Wildman–Crippen MR) is 95.2 cm³/mol. The number of rotatable bonds is 9. The van der Waals surface area contributed by atoms with Crippen LogP contribution in [-0.4, -0.2) is 16.7 Å². The van der Waals surface area contributed by atoms with Gasteiger partial charge in [0.05, 0.1) is 23.5 Å². The van der Waals surface area contributed by atoms with E-state index >= 15 is 0 Å². The number of pyridine rings is 1. The number of unbranched alkanes of at least 4 members (excludes halogenated alkanes) is 5. The summed E-state index contributed by atoms with van der Waals surface area (Å²) >= 11 is 6.10. The van der Waals surface area contributed by atoms with Gasteiger partial charge in [-0.1, -0.05) is 50.6 Å². The topological polar surface area (TPSA) is 42.4 Å². The third kappa shape index (κ3) is 5.76. The van der Waals surface area contributed by atoms with E-state index in [2.05, 4.69) is 11.9 Å². The minimum Gasteiger partial charge on any atom is -0.506 e. The van der Waals surface area contributed by atoms with Gasteiger partial charge in [-0.15, -0.1) is 0 Å². The molecule has 4 heteroatoms. The minimum atomic E-state index is 0.0673. The third-order valence-electron chi connectivity index (χ3n) is 3.72. The largest absolute Gasteiger partial charge is 0.506 e. The molecule has 0 atom stereocenters. The highest BCUT2D eigenvalue weighted by atomic mass is 35.5. The van der Waals surface area contributed by atoms with E-state index in [4.69, 9.17) is 16.3 Å². The first-order valence-corrected chi connectivity index (χ1v) is 8.66. The molecule has 0 aliphatic heterocycles. The van der Waals surface area contributed by atoms with Crippen LogP contribution in [-0.2, 0) is 0 Å². The monoisotopic (exact) mass is 333 g/mol. The van der Waals surface area contributed by atoms with Crippen molar-refractivity contribution in [1.29, 1.82) is 0 Å². The van der Waals surface area contributed by atoms with Gasteiger partial charge >= 0.3 is 0 Å². The molecule has 23 heavy (non-hydrogen) atoms. The van der Waals surface area contributed by atoms with Crippen molar-refractivity contribution in [1.82, 2.24) is 4.98 Å². The van der Waals surface area contributed by atoms with Gasteiger partial charge in [0.2, 0.25) is 0 Å². The summed E-state index contributed by atoms with van der Waals surface area (Å²) in [6.07, 6.45) is 8.94. The van der Waals surface area contributed by atoms with E-state index < -0.39 is 0 Å². The van der Waals surface area contributed by atoms with Crippen molar-refractivity contribution in [2.45, 2.75) is 45.4 Å². The van der Waals surface area contributed by atoms with E-state index in [0.717, 1.165) is 24.3 Å². The summed E-state index contributed by atoms with van der Waals surface area (Å²) in [5.74, 6) is 0.926. The number of halogens is 1. The van der Waals surface area contributed by atoms with Crippen molar-refractivity contribution in [3.63, 3.8) is 0 Å². The highest BCUT2D eigenvalue weighted by molar-refractivity contribution is 6.33. The zero-order valence-corrected chi connectivity index (χ0v) is 14.4. The van der Waals surface area contributed by atoms with E-state index in [9.17, 15) is 5.11 Å². The van der Waals surface area contributed by atoms with Crippen molar-refractivity contribution in [2.75, 3.05) is 6.61 Å². The van der Waals surface area contributed by atoms with Gasteiger partial charge in [-0.25, -0.2) is 0 Å². The number of hydrogen-bond donors (Lipinski definition) is 1. The number of aromatic nitrogens is 1. The molecule has 0 amide bonds. The smallest absolute Gasteiger partial charge is 0.135 e. The Labute approximate surface area is 143 Å². The quantitative estimate of drug-likeness (QED) is 0.585. The van der Waals surface area contributed by atoms with Gasteiger partial charge in [0.25, 0.3) is 0 Å². The Balaban J connectivity index is 1.80. The maximum absolute atomic E-state index is 9.35. The van der Waals surface area contributed by atoms with Crippen molar-refractivity contribution in [3.8, 4) is 22.8 Å². The molecule has 0 aliphatic carbocycles. The first-order valence-electron chi connectivity index (χ1n) is 8.28. The summed E-state index contributed by atoms with van der Waals surface area (Å²) in [4.78, 5) is 4.17. The van der Waals surface area contributed by atoms with Gasteiger partial charge in [-0.05, 0) is 30.7 Å². The molecule has 0 fully saturated rings. The summed E-state index contributed by atoms with van der Waals surface area (Å²) in [5.41, 5.74) is 1.56. The van der Waals surface area contributed by atoms with E-state index in [1.54, 1.807) is 0 Å². The lowest BCUT2D eigenvalue weighted by atomic mass is 10.1. The van der Waals surface area contributed by atoms with Crippen LogP contribution in [0.5, 0.6) is 11.5 Å². The molecule has 0 bridgehead atoms. The third-order valence-corrected chi connectivity index (χ3v) is 4.01. The molecule has 0 radical (unpaired) electrons. The molecule has 1 heterocycles. The molecule has 1 aromatic heterocycles. The van der Waals surface area contributed by atoms with E-state index in [1.165, 1.54) is 44.4 Å². The molecule has 0 aliphatic rings. The van der Waals surface area contributed by atoms with Crippen molar-refractivity contribution < 1.29 is 9.84 Å². The molecule has 1 aromatic carbocycles. The molecule has 2 rings (SSSR count). The number of hydrogen-bond acceptors (Lipinski definition) is 3.